The molecule has 0 fully saturated rings. The van der Waals surface area contributed by atoms with E-state index in [4.69, 9.17) is 69.6 Å². The Morgan fingerprint density at radius 1 is 0.705 bits per heavy atom. The standard InChI is InChI=1S/C26H12Cl6N8O4/c27-12-1-10(18(41)3-8(12)15-6-33-38-36-15)23(43)17-5-14(29)26(32)40(17)22-20(30)25(31)35-21(22)24(44)11-2-13(28)9(4-19(11)42)16-7-34-39-37-16/h1-7,35,41-42H,(H,33,36,38)(H,34,37,39). The summed E-state index contributed by atoms with van der Waals surface area (Å²) in [7, 11) is 0. The Kier molecular flexibility index (Phi) is 7.82. The Morgan fingerprint density at radius 3 is 1.73 bits per heavy atom. The number of carbonyl (C=O) groups is 2. The van der Waals surface area contributed by atoms with Gasteiger partial charge in [0, 0.05) is 11.1 Å². The third-order valence-corrected chi connectivity index (χ3v) is 8.63. The summed E-state index contributed by atoms with van der Waals surface area (Å²) >= 11 is 38.6. The first-order valence-electron chi connectivity index (χ1n) is 12.0. The van der Waals surface area contributed by atoms with Crippen LogP contribution in [0.5, 0.6) is 11.5 Å². The van der Waals surface area contributed by atoms with E-state index in [-0.39, 0.29) is 58.6 Å². The Hall–Kier alpha value is -4.04. The number of aromatic nitrogens is 8. The molecular formula is C26H12Cl6N8O4. The number of aromatic amines is 3. The number of benzene rings is 2. The van der Waals surface area contributed by atoms with Crippen LogP contribution in [0.3, 0.4) is 0 Å². The average molecular weight is 713 g/mol. The highest BCUT2D eigenvalue weighted by atomic mass is 35.5. The molecule has 0 amide bonds. The SMILES string of the molecule is O=C(c1cc(Cl)c(-c2c[nH]nn2)cc1O)c1[nH]c(Cl)c(Cl)c1-n1c(C(=O)c2cc(Cl)c(-c3c[nH]nn3)cc2O)cc(Cl)c1Cl. The van der Waals surface area contributed by atoms with Crippen molar-refractivity contribution in [1.82, 2.24) is 40.4 Å². The fourth-order valence-electron chi connectivity index (χ4n) is 4.47. The first kappa shape index (κ1) is 30.0. The van der Waals surface area contributed by atoms with E-state index in [9.17, 15) is 19.8 Å². The summed E-state index contributed by atoms with van der Waals surface area (Å²) < 4.78 is 1.09. The number of ketones is 2. The largest absolute Gasteiger partial charge is 0.507 e. The summed E-state index contributed by atoms with van der Waals surface area (Å²) in [6.45, 7) is 0. The zero-order valence-electron chi connectivity index (χ0n) is 21.3. The first-order valence-corrected chi connectivity index (χ1v) is 14.3. The normalized spacial score (nSPS) is 11.3. The predicted octanol–water partition coefficient (Wildman–Crippen LogP) is 7.17. The maximum Gasteiger partial charge on any atom is 0.215 e. The van der Waals surface area contributed by atoms with Crippen LogP contribution in [0.15, 0.2) is 42.7 Å². The monoisotopic (exact) mass is 710 g/mol. The Labute approximate surface area is 275 Å². The van der Waals surface area contributed by atoms with Gasteiger partial charge in [-0.3, -0.25) is 24.4 Å². The van der Waals surface area contributed by atoms with Gasteiger partial charge in [-0.15, -0.1) is 10.2 Å². The molecule has 0 saturated heterocycles. The maximum absolute atomic E-state index is 13.9. The van der Waals surface area contributed by atoms with Crippen molar-refractivity contribution in [2.24, 2.45) is 0 Å². The van der Waals surface area contributed by atoms with Crippen molar-refractivity contribution in [3.8, 4) is 39.7 Å². The van der Waals surface area contributed by atoms with Gasteiger partial charge in [0.2, 0.25) is 11.6 Å². The van der Waals surface area contributed by atoms with Gasteiger partial charge < -0.3 is 15.2 Å². The summed E-state index contributed by atoms with van der Waals surface area (Å²) in [5, 5.41) is 41.1. The second-order valence-electron chi connectivity index (χ2n) is 9.05. The summed E-state index contributed by atoms with van der Waals surface area (Å²) in [4.78, 5) is 30.4. The van der Waals surface area contributed by atoms with Crippen molar-refractivity contribution in [2.45, 2.75) is 0 Å². The van der Waals surface area contributed by atoms with E-state index >= 15 is 0 Å². The molecule has 2 aromatic carbocycles. The summed E-state index contributed by atoms with van der Waals surface area (Å²) in [5.41, 5.74) is 0.145. The van der Waals surface area contributed by atoms with E-state index in [1.165, 1.54) is 42.7 Å². The lowest BCUT2D eigenvalue weighted by atomic mass is 10.0. The van der Waals surface area contributed by atoms with E-state index in [0.717, 1.165) is 4.57 Å². The van der Waals surface area contributed by atoms with Crippen molar-refractivity contribution < 1.29 is 19.8 Å². The van der Waals surface area contributed by atoms with E-state index < -0.39 is 23.1 Å². The van der Waals surface area contributed by atoms with Gasteiger partial charge in [-0.05, 0) is 30.3 Å². The molecule has 44 heavy (non-hydrogen) atoms. The Bertz CT molecular complexity index is 1960. The topological polar surface area (TPSA) is 178 Å². The zero-order chi connectivity index (χ0) is 31.4. The second-order valence-corrected chi connectivity index (χ2v) is 11.4. The van der Waals surface area contributed by atoms with E-state index in [2.05, 4.69) is 35.8 Å². The Balaban J connectivity index is 1.48. The molecule has 0 atom stereocenters. The van der Waals surface area contributed by atoms with Crippen LogP contribution in [-0.2, 0) is 0 Å². The lowest BCUT2D eigenvalue weighted by Gasteiger charge is -2.14. The zero-order valence-corrected chi connectivity index (χ0v) is 25.8. The molecule has 18 heteroatoms. The van der Waals surface area contributed by atoms with Crippen LogP contribution in [0.4, 0.5) is 0 Å². The molecule has 0 aliphatic rings. The number of nitrogens with zero attached hydrogens (tertiary/aromatic N) is 5. The van der Waals surface area contributed by atoms with Crippen molar-refractivity contribution in [3.05, 3.63) is 95.6 Å². The van der Waals surface area contributed by atoms with Gasteiger partial charge in [-0.1, -0.05) is 80.0 Å². The molecule has 0 aliphatic heterocycles. The fourth-order valence-corrected chi connectivity index (χ4v) is 5.82. The van der Waals surface area contributed by atoms with E-state index in [1.54, 1.807) is 0 Å². The van der Waals surface area contributed by atoms with Crippen molar-refractivity contribution in [2.75, 3.05) is 0 Å². The molecule has 0 aliphatic carbocycles. The van der Waals surface area contributed by atoms with Gasteiger partial charge in [0.25, 0.3) is 0 Å². The van der Waals surface area contributed by atoms with Gasteiger partial charge in [0.1, 0.15) is 43.9 Å². The van der Waals surface area contributed by atoms with Crippen LogP contribution < -0.4 is 0 Å². The number of rotatable bonds is 7. The van der Waals surface area contributed by atoms with Crippen LogP contribution >= 0.6 is 69.6 Å². The van der Waals surface area contributed by atoms with Crippen LogP contribution in [0.2, 0.25) is 30.4 Å². The minimum Gasteiger partial charge on any atom is -0.507 e. The minimum atomic E-state index is -0.818. The van der Waals surface area contributed by atoms with Crippen LogP contribution in [-0.4, -0.2) is 62.2 Å². The molecule has 6 rings (SSSR count). The van der Waals surface area contributed by atoms with Gasteiger partial charge >= 0.3 is 0 Å². The molecule has 0 radical (unpaired) electrons. The number of carbonyl (C=O) groups excluding carboxylic acids is 2. The second kappa shape index (κ2) is 11.5. The fraction of sp³-hybridized carbons (Fsp3) is 0. The van der Waals surface area contributed by atoms with Crippen molar-refractivity contribution >= 4 is 81.2 Å². The molecule has 0 bridgehead atoms. The van der Waals surface area contributed by atoms with E-state index in [0.29, 0.717) is 22.5 Å². The van der Waals surface area contributed by atoms with E-state index in [1.807, 2.05) is 0 Å². The smallest absolute Gasteiger partial charge is 0.215 e. The number of phenolic OH excluding ortho intramolecular Hbond substituents is 2. The molecule has 6 aromatic rings. The van der Waals surface area contributed by atoms with Gasteiger partial charge in [0.05, 0.1) is 50.0 Å². The lowest BCUT2D eigenvalue weighted by molar-refractivity contribution is 0.101. The molecule has 222 valence electrons. The average Bonchev–Trinajstić information content (AvgIpc) is 3.81. The third kappa shape index (κ3) is 4.99. The van der Waals surface area contributed by atoms with Crippen LogP contribution in [0.25, 0.3) is 28.2 Å². The maximum atomic E-state index is 13.9. The number of hydrogen-bond acceptors (Lipinski definition) is 8. The van der Waals surface area contributed by atoms with Gasteiger partial charge in [0.15, 0.2) is 0 Å². The Morgan fingerprint density at radius 2 is 1.23 bits per heavy atom. The molecule has 0 unspecified atom stereocenters. The first-order chi connectivity index (χ1) is 21.0. The predicted molar refractivity (Wildman–Crippen MR) is 164 cm³/mol. The lowest BCUT2D eigenvalue weighted by Crippen LogP contribution is -2.13. The molecule has 12 nitrogen and oxygen atoms in total. The summed E-state index contributed by atoms with van der Waals surface area (Å²) in [6, 6.07) is 6.16. The molecular weight excluding hydrogens is 701 g/mol. The highest BCUT2D eigenvalue weighted by Crippen LogP contribution is 2.42. The number of nitrogens with one attached hydrogen (secondary N) is 3. The number of halogens is 6. The minimum absolute atomic E-state index is 0.0738. The van der Waals surface area contributed by atoms with Crippen molar-refractivity contribution in [1.29, 1.82) is 0 Å². The molecule has 0 spiro atoms. The molecule has 4 aromatic heterocycles. The third-order valence-electron chi connectivity index (χ3n) is 6.50. The highest BCUT2D eigenvalue weighted by Gasteiger charge is 2.31. The molecule has 4 heterocycles. The number of phenols is 2. The summed E-state index contributed by atoms with van der Waals surface area (Å²) in [5.74, 6) is -2.51. The number of H-pyrrole nitrogens is 3. The van der Waals surface area contributed by atoms with Crippen molar-refractivity contribution in [3.63, 3.8) is 0 Å². The molecule has 5 N–H and O–H groups in total. The quantitative estimate of drug-likeness (QED) is 0.108. The number of aromatic hydroxyl groups is 2. The number of hydrogen-bond donors (Lipinski definition) is 5. The van der Waals surface area contributed by atoms with Crippen LogP contribution in [0.1, 0.15) is 32.1 Å². The van der Waals surface area contributed by atoms with Crippen LogP contribution in [0, 0.1) is 0 Å². The van der Waals surface area contributed by atoms with Gasteiger partial charge in [-0.25, -0.2) is 0 Å². The van der Waals surface area contributed by atoms with Gasteiger partial charge in [-0.2, -0.15) is 0 Å². The highest BCUT2D eigenvalue weighted by molar-refractivity contribution is 6.45. The summed E-state index contributed by atoms with van der Waals surface area (Å²) in [6.07, 6.45) is 2.91. The molecule has 0 saturated carbocycles.